The number of amides is 1. The maximum Gasteiger partial charge on any atom is 0.255 e. The van der Waals surface area contributed by atoms with Gasteiger partial charge in [-0.05, 0) is 43.8 Å². The summed E-state index contributed by atoms with van der Waals surface area (Å²) in [5.41, 5.74) is 2.03. The summed E-state index contributed by atoms with van der Waals surface area (Å²) < 4.78 is 0. The normalized spacial score (nSPS) is 34.3. The van der Waals surface area contributed by atoms with Crippen molar-refractivity contribution in [2.24, 2.45) is 17.6 Å². The molecule has 2 saturated carbocycles. The van der Waals surface area contributed by atoms with E-state index in [-0.39, 0.29) is 22.3 Å². The maximum absolute atomic E-state index is 14.1. The van der Waals surface area contributed by atoms with Gasteiger partial charge in [0.15, 0.2) is 11.4 Å². The van der Waals surface area contributed by atoms with Crippen molar-refractivity contribution >= 4 is 23.2 Å². The Morgan fingerprint density at radius 1 is 1.11 bits per heavy atom. The van der Waals surface area contributed by atoms with Crippen LogP contribution in [0.25, 0.3) is 5.76 Å². The van der Waals surface area contributed by atoms with Crippen LogP contribution >= 0.6 is 0 Å². The summed E-state index contributed by atoms with van der Waals surface area (Å²) in [5, 5.41) is 57.3. The van der Waals surface area contributed by atoms with Gasteiger partial charge in [0.05, 0.1) is 23.6 Å². The molecule has 1 aromatic carbocycles. The largest absolute Gasteiger partial charge is 0.508 e. The van der Waals surface area contributed by atoms with Gasteiger partial charge in [-0.2, -0.15) is 0 Å². The summed E-state index contributed by atoms with van der Waals surface area (Å²) in [4.78, 5) is 40.8. The third-order valence-corrected chi connectivity index (χ3v) is 9.49. The standard InChI is InChI=1S/C28H34N2O8/c1-11-12-7-8-13(27(2)9-5-6-10-27)20(31)15(12)21(32)16-14(11)22(33)18-19(30(3)4)23(34)17(26(29)37)25(36)28(18,38)24(16)35/h7-8,11,14,18-19,22,31-33,36,38H,5-6,9-10H2,1-4H3,(H2,29,37)/t11?,14-,18-,19+,22+,28+/m1/s1. The van der Waals surface area contributed by atoms with Gasteiger partial charge in [-0.3, -0.25) is 19.3 Å². The highest BCUT2D eigenvalue weighted by molar-refractivity contribution is 6.24. The smallest absolute Gasteiger partial charge is 0.255 e. The predicted octanol–water partition coefficient (Wildman–Crippen LogP) is 1.33. The number of aliphatic hydroxyl groups excluding tert-OH is 3. The average Bonchev–Trinajstić information content (AvgIpc) is 3.28. The van der Waals surface area contributed by atoms with E-state index in [2.05, 4.69) is 0 Å². The average molecular weight is 527 g/mol. The summed E-state index contributed by atoms with van der Waals surface area (Å²) in [6, 6.07) is 2.23. The number of Topliss-reactive ketones (excluding diaryl/α,β-unsaturated/α-hetero) is 2. The molecule has 1 aromatic rings. The summed E-state index contributed by atoms with van der Waals surface area (Å²) in [6.45, 7) is 3.77. The number of fused-ring (bicyclic) bond motifs is 3. The number of phenolic OH excluding ortho intramolecular Hbond substituents is 1. The lowest BCUT2D eigenvalue weighted by Gasteiger charge is -2.53. The molecule has 10 heteroatoms. The minimum absolute atomic E-state index is 0.0478. The van der Waals surface area contributed by atoms with Crippen molar-refractivity contribution in [3.63, 3.8) is 0 Å². The highest BCUT2D eigenvalue weighted by Crippen LogP contribution is 2.57. The molecule has 0 aromatic heterocycles. The van der Waals surface area contributed by atoms with E-state index in [1.807, 2.05) is 13.0 Å². The predicted molar refractivity (Wildman–Crippen MR) is 136 cm³/mol. The fourth-order valence-corrected chi connectivity index (χ4v) is 7.53. The van der Waals surface area contributed by atoms with Crippen LogP contribution < -0.4 is 5.73 Å². The Bertz CT molecular complexity index is 1340. The molecule has 1 unspecified atom stereocenters. The summed E-state index contributed by atoms with van der Waals surface area (Å²) in [7, 11) is 2.96. The number of nitrogens with two attached hydrogens (primary N) is 1. The molecule has 7 N–H and O–H groups in total. The van der Waals surface area contributed by atoms with Crippen LogP contribution in [0, 0.1) is 11.8 Å². The lowest BCUT2D eigenvalue weighted by atomic mass is 9.54. The van der Waals surface area contributed by atoms with E-state index in [4.69, 9.17) is 5.73 Å². The first-order valence-electron chi connectivity index (χ1n) is 12.9. The first kappa shape index (κ1) is 26.4. The molecule has 2 fully saturated rings. The second-order valence-electron chi connectivity index (χ2n) is 11.7. The number of benzene rings is 1. The Labute approximate surface area is 220 Å². The molecule has 0 aliphatic heterocycles. The molecule has 204 valence electrons. The second kappa shape index (κ2) is 8.39. The summed E-state index contributed by atoms with van der Waals surface area (Å²) >= 11 is 0. The zero-order chi connectivity index (χ0) is 28.1. The molecule has 0 heterocycles. The molecule has 6 atom stereocenters. The van der Waals surface area contributed by atoms with Crippen LogP contribution in [0.5, 0.6) is 5.75 Å². The summed E-state index contributed by atoms with van der Waals surface area (Å²) in [6.07, 6.45) is 2.10. The van der Waals surface area contributed by atoms with E-state index < -0.39 is 70.1 Å². The van der Waals surface area contributed by atoms with Crippen molar-refractivity contribution in [3.05, 3.63) is 45.7 Å². The molecule has 1 amide bonds. The lowest BCUT2D eigenvalue weighted by molar-refractivity contribution is -0.169. The number of carbonyl (C=O) groups is 3. The number of nitrogens with zero attached hydrogens (tertiary/aromatic N) is 1. The van der Waals surface area contributed by atoms with Crippen LogP contribution in [-0.2, 0) is 19.8 Å². The molecular weight excluding hydrogens is 492 g/mol. The highest BCUT2D eigenvalue weighted by Gasteiger charge is 2.68. The molecule has 4 aliphatic rings. The maximum atomic E-state index is 14.1. The number of primary amides is 1. The number of ketones is 2. The van der Waals surface area contributed by atoms with Crippen LogP contribution in [0.4, 0.5) is 0 Å². The Hall–Kier alpha value is -3.21. The number of likely N-dealkylation sites (N-methyl/N-ethyl adjacent to an activating group) is 1. The van der Waals surface area contributed by atoms with E-state index >= 15 is 0 Å². The van der Waals surface area contributed by atoms with Gasteiger partial charge in [-0.1, -0.05) is 38.8 Å². The van der Waals surface area contributed by atoms with E-state index in [1.54, 1.807) is 13.0 Å². The monoisotopic (exact) mass is 526 g/mol. The van der Waals surface area contributed by atoms with Crippen LogP contribution in [0.15, 0.2) is 29.0 Å². The molecule has 0 radical (unpaired) electrons. The Morgan fingerprint density at radius 3 is 2.26 bits per heavy atom. The van der Waals surface area contributed by atoms with Gasteiger partial charge < -0.3 is 31.3 Å². The number of hydrogen-bond donors (Lipinski definition) is 6. The number of carbonyl (C=O) groups excluding carboxylic acids is 3. The van der Waals surface area contributed by atoms with Crippen molar-refractivity contribution in [1.29, 1.82) is 0 Å². The van der Waals surface area contributed by atoms with Crippen molar-refractivity contribution in [1.82, 2.24) is 4.90 Å². The fraction of sp³-hybridized carbons (Fsp3) is 0.536. The Balaban J connectivity index is 1.78. The van der Waals surface area contributed by atoms with Crippen molar-refractivity contribution < 1.29 is 39.9 Å². The van der Waals surface area contributed by atoms with Crippen molar-refractivity contribution in [2.45, 2.75) is 68.6 Å². The fourth-order valence-electron chi connectivity index (χ4n) is 7.53. The van der Waals surface area contributed by atoms with Crippen molar-refractivity contribution in [2.75, 3.05) is 14.1 Å². The number of phenols is 1. The van der Waals surface area contributed by atoms with Gasteiger partial charge in [0.2, 0.25) is 5.78 Å². The molecule has 5 rings (SSSR count). The Morgan fingerprint density at radius 2 is 1.71 bits per heavy atom. The molecule has 4 aliphatic carbocycles. The number of hydrogen-bond acceptors (Lipinski definition) is 9. The molecule has 0 spiro atoms. The van der Waals surface area contributed by atoms with E-state index in [0.717, 1.165) is 25.7 Å². The van der Waals surface area contributed by atoms with E-state index in [0.29, 0.717) is 11.1 Å². The highest BCUT2D eigenvalue weighted by atomic mass is 16.4. The molecular formula is C28H34N2O8. The lowest BCUT2D eigenvalue weighted by Crippen LogP contribution is -2.70. The molecule has 0 bridgehead atoms. The van der Waals surface area contributed by atoms with Crippen LogP contribution in [0.3, 0.4) is 0 Å². The van der Waals surface area contributed by atoms with Crippen LogP contribution in [-0.4, -0.2) is 79.7 Å². The third-order valence-electron chi connectivity index (χ3n) is 9.49. The number of rotatable bonds is 3. The first-order chi connectivity index (χ1) is 17.7. The quantitative estimate of drug-likeness (QED) is 0.317. The van der Waals surface area contributed by atoms with Crippen LogP contribution in [0.2, 0.25) is 0 Å². The third kappa shape index (κ3) is 3.14. The van der Waals surface area contributed by atoms with Gasteiger partial charge in [0.1, 0.15) is 22.8 Å². The minimum Gasteiger partial charge on any atom is -0.508 e. The molecule has 10 nitrogen and oxygen atoms in total. The SMILES string of the molecule is CC1c2ccc(C3(C)CCCC3)c(O)c2C(O)=C2C(=O)[C@]3(O)C(O)=C(C(N)=O)C(=O)[C@@H](N(C)C)[C@@H]3[C@@H](O)[C@@H]21. The van der Waals surface area contributed by atoms with Gasteiger partial charge in [-0.25, -0.2) is 0 Å². The van der Waals surface area contributed by atoms with E-state index in [1.165, 1.54) is 19.0 Å². The number of aromatic hydroxyl groups is 1. The molecule has 0 saturated heterocycles. The zero-order valence-corrected chi connectivity index (χ0v) is 21.9. The van der Waals surface area contributed by atoms with E-state index in [9.17, 15) is 39.9 Å². The van der Waals surface area contributed by atoms with Crippen LogP contribution in [0.1, 0.15) is 62.1 Å². The zero-order valence-electron chi connectivity index (χ0n) is 21.9. The molecule has 38 heavy (non-hydrogen) atoms. The topological polar surface area (TPSA) is 182 Å². The first-order valence-corrected chi connectivity index (χ1v) is 12.9. The van der Waals surface area contributed by atoms with Gasteiger partial charge in [0, 0.05) is 17.1 Å². The second-order valence-corrected chi connectivity index (χ2v) is 11.7. The van der Waals surface area contributed by atoms with Gasteiger partial charge in [0.25, 0.3) is 5.91 Å². The van der Waals surface area contributed by atoms with Gasteiger partial charge >= 0.3 is 0 Å². The number of aliphatic hydroxyl groups is 4. The Kier molecular flexibility index (Phi) is 5.83. The minimum atomic E-state index is -2.91. The van der Waals surface area contributed by atoms with Gasteiger partial charge in [-0.15, -0.1) is 0 Å². The summed E-state index contributed by atoms with van der Waals surface area (Å²) in [5.74, 6) is -8.65. The van der Waals surface area contributed by atoms with Crippen molar-refractivity contribution in [3.8, 4) is 5.75 Å².